The van der Waals surface area contributed by atoms with Crippen LogP contribution in [-0.4, -0.2) is 78.8 Å². The Hall–Kier alpha value is -3.36. The van der Waals surface area contributed by atoms with Gasteiger partial charge in [-0.2, -0.15) is 0 Å². The number of nitrogens with zero attached hydrogens (tertiary/aromatic N) is 3. The maximum Gasteiger partial charge on any atom is 0.331 e. The lowest BCUT2D eigenvalue weighted by atomic mass is 9.86. The molecule has 2 aromatic rings. The Morgan fingerprint density at radius 2 is 1.49 bits per heavy atom. The maximum absolute atomic E-state index is 13.3. The number of carbonyl (C=O) groups is 2. The fraction of sp³-hybridized carbons (Fsp3) is 0.448. The van der Waals surface area contributed by atoms with Crippen LogP contribution in [0.5, 0.6) is 11.5 Å². The molecule has 202 valence electrons. The van der Waals surface area contributed by atoms with E-state index in [2.05, 4.69) is 4.90 Å². The fourth-order valence-electron chi connectivity index (χ4n) is 4.69. The highest BCUT2D eigenvalue weighted by Gasteiger charge is 2.55. The van der Waals surface area contributed by atoms with Crippen molar-refractivity contribution in [2.75, 3.05) is 41.5 Å². The lowest BCUT2D eigenvalue weighted by Crippen LogP contribution is -2.55. The van der Waals surface area contributed by atoms with Gasteiger partial charge in [-0.05, 0) is 42.5 Å². The number of rotatable bonds is 7. The Labute approximate surface area is 221 Å². The average Bonchev–Trinajstić information content (AvgIpc) is 3.13. The van der Waals surface area contributed by atoms with Crippen molar-refractivity contribution < 1.29 is 24.2 Å². The first-order valence-corrected chi connectivity index (χ1v) is 12.7. The Morgan fingerprint density at radius 1 is 0.919 bits per heavy atom. The SMILES string of the molecule is CC.CO.COc1cc(CN2CCC3(CC2)C(=O)N(/C=C/Cc2ccccc2)C(=O)N3C)cc(OC)c1. The summed E-state index contributed by atoms with van der Waals surface area (Å²) in [4.78, 5) is 31.4. The Kier molecular flexibility index (Phi) is 11.6. The van der Waals surface area contributed by atoms with Crippen LogP contribution < -0.4 is 9.47 Å². The molecule has 4 rings (SSSR count). The number of ether oxygens (including phenoxy) is 2. The van der Waals surface area contributed by atoms with E-state index in [-0.39, 0.29) is 11.9 Å². The molecule has 37 heavy (non-hydrogen) atoms. The average molecular weight is 512 g/mol. The molecule has 8 nitrogen and oxygen atoms in total. The smallest absolute Gasteiger partial charge is 0.331 e. The van der Waals surface area contributed by atoms with Gasteiger partial charge in [-0.15, -0.1) is 0 Å². The van der Waals surface area contributed by atoms with Gasteiger partial charge in [0.1, 0.15) is 17.0 Å². The van der Waals surface area contributed by atoms with E-state index in [1.807, 2.05) is 68.5 Å². The summed E-state index contributed by atoms with van der Waals surface area (Å²) in [5, 5.41) is 7.00. The lowest BCUT2D eigenvalue weighted by Gasteiger charge is -2.40. The molecule has 2 fully saturated rings. The van der Waals surface area contributed by atoms with Gasteiger partial charge in [0.05, 0.1) is 14.2 Å². The molecule has 2 heterocycles. The van der Waals surface area contributed by atoms with E-state index in [0.29, 0.717) is 19.3 Å². The Morgan fingerprint density at radius 3 is 2.03 bits per heavy atom. The summed E-state index contributed by atoms with van der Waals surface area (Å²) in [6, 6.07) is 15.6. The summed E-state index contributed by atoms with van der Waals surface area (Å²) in [5.41, 5.74) is 1.46. The van der Waals surface area contributed by atoms with Gasteiger partial charge in [-0.3, -0.25) is 9.69 Å². The number of methoxy groups -OCH3 is 2. The normalized spacial score (nSPS) is 16.8. The molecule has 1 N–H and O–H groups in total. The van der Waals surface area contributed by atoms with Crippen LogP contribution in [-0.2, 0) is 17.8 Å². The number of urea groups is 1. The summed E-state index contributed by atoms with van der Waals surface area (Å²) in [5.74, 6) is 1.39. The molecular formula is C29H41N3O5. The number of likely N-dealkylation sites (tertiary alicyclic amines) is 1. The van der Waals surface area contributed by atoms with E-state index in [4.69, 9.17) is 14.6 Å². The maximum atomic E-state index is 13.3. The van der Waals surface area contributed by atoms with Gasteiger partial charge in [0.25, 0.3) is 5.91 Å². The van der Waals surface area contributed by atoms with Gasteiger partial charge in [0.15, 0.2) is 0 Å². The minimum atomic E-state index is -0.767. The third-order valence-electron chi connectivity index (χ3n) is 6.70. The minimum Gasteiger partial charge on any atom is -0.497 e. The molecule has 8 heteroatoms. The number of carbonyl (C=O) groups excluding carboxylic acids is 2. The van der Waals surface area contributed by atoms with Crippen molar-refractivity contribution in [2.24, 2.45) is 0 Å². The predicted octanol–water partition coefficient (Wildman–Crippen LogP) is 4.32. The third-order valence-corrected chi connectivity index (χ3v) is 6.70. The first-order chi connectivity index (χ1) is 18.0. The third kappa shape index (κ3) is 6.90. The monoisotopic (exact) mass is 511 g/mol. The number of hydrogen-bond acceptors (Lipinski definition) is 6. The topological polar surface area (TPSA) is 82.6 Å². The standard InChI is InChI=1S/C26H31N3O4.C2H6.CH4O/c1-27-25(31)29(13-7-10-20-8-5-4-6-9-20)24(30)26(27)11-14-28(15-12-26)19-21-16-22(32-2)18-23(17-21)33-3;2*1-2/h4-9,13,16-18H,10-12,14-15,19H2,1-3H3;1-2H3;2H,1H3/b13-7+;;. The lowest BCUT2D eigenvalue weighted by molar-refractivity contribution is -0.133. The molecule has 3 amide bonds. The first kappa shape index (κ1) is 29.9. The molecule has 0 aromatic heterocycles. The summed E-state index contributed by atoms with van der Waals surface area (Å²) in [6.45, 7) is 6.19. The molecule has 2 aliphatic heterocycles. The highest BCUT2D eigenvalue weighted by atomic mass is 16.5. The fourth-order valence-corrected chi connectivity index (χ4v) is 4.69. The van der Waals surface area contributed by atoms with Gasteiger partial charge in [-0.25, -0.2) is 9.69 Å². The van der Waals surface area contributed by atoms with Crippen molar-refractivity contribution in [1.82, 2.24) is 14.7 Å². The van der Waals surface area contributed by atoms with Gasteiger partial charge in [0.2, 0.25) is 0 Å². The van der Waals surface area contributed by atoms with E-state index >= 15 is 0 Å². The Balaban J connectivity index is 0.00000115. The van der Waals surface area contributed by atoms with Crippen LogP contribution in [0.1, 0.15) is 37.8 Å². The number of benzene rings is 2. The number of piperidine rings is 1. The van der Waals surface area contributed by atoms with Gasteiger partial charge in [-0.1, -0.05) is 50.3 Å². The van der Waals surface area contributed by atoms with Crippen LogP contribution in [0.15, 0.2) is 60.8 Å². The largest absolute Gasteiger partial charge is 0.497 e. The van der Waals surface area contributed by atoms with E-state index in [1.165, 1.54) is 4.90 Å². The first-order valence-electron chi connectivity index (χ1n) is 12.7. The quantitative estimate of drug-likeness (QED) is 0.558. The summed E-state index contributed by atoms with van der Waals surface area (Å²) < 4.78 is 10.8. The molecule has 2 aliphatic rings. The highest BCUT2D eigenvalue weighted by Crippen LogP contribution is 2.37. The van der Waals surface area contributed by atoms with Crippen LogP contribution in [0.3, 0.4) is 0 Å². The molecule has 0 aliphatic carbocycles. The zero-order valence-electron chi connectivity index (χ0n) is 22.9. The zero-order chi connectivity index (χ0) is 27.4. The van der Waals surface area contributed by atoms with Crippen molar-refractivity contribution in [3.8, 4) is 11.5 Å². The van der Waals surface area contributed by atoms with Crippen molar-refractivity contribution in [3.05, 3.63) is 71.9 Å². The van der Waals surface area contributed by atoms with E-state index < -0.39 is 5.54 Å². The second-order valence-electron chi connectivity index (χ2n) is 8.62. The number of aliphatic hydroxyl groups is 1. The van der Waals surface area contributed by atoms with Crippen molar-refractivity contribution in [1.29, 1.82) is 0 Å². The molecule has 0 unspecified atom stereocenters. The second kappa shape index (κ2) is 14.4. The second-order valence-corrected chi connectivity index (χ2v) is 8.62. The van der Waals surface area contributed by atoms with Gasteiger partial charge in [0, 0.05) is 46.1 Å². The molecular weight excluding hydrogens is 470 g/mol. The number of allylic oxidation sites excluding steroid dienone is 1. The molecule has 2 aromatic carbocycles. The van der Waals surface area contributed by atoms with Crippen LogP contribution in [0.25, 0.3) is 0 Å². The number of likely N-dealkylation sites (N-methyl/N-ethyl adjacent to an activating group) is 1. The molecule has 0 saturated carbocycles. The zero-order valence-corrected chi connectivity index (χ0v) is 22.9. The van der Waals surface area contributed by atoms with E-state index in [1.54, 1.807) is 32.4 Å². The minimum absolute atomic E-state index is 0.123. The predicted molar refractivity (Wildman–Crippen MR) is 146 cm³/mol. The van der Waals surface area contributed by atoms with Crippen molar-refractivity contribution >= 4 is 11.9 Å². The van der Waals surface area contributed by atoms with E-state index in [9.17, 15) is 9.59 Å². The van der Waals surface area contributed by atoms with Crippen LogP contribution >= 0.6 is 0 Å². The Bertz CT molecular complexity index is 1010. The number of hydrogen-bond donors (Lipinski definition) is 1. The molecule has 2 saturated heterocycles. The van der Waals surface area contributed by atoms with E-state index in [0.717, 1.165) is 49.4 Å². The number of imide groups is 1. The highest BCUT2D eigenvalue weighted by molar-refractivity contribution is 6.07. The summed E-state index contributed by atoms with van der Waals surface area (Å²) in [7, 11) is 6.03. The summed E-state index contributed by atoms with van der Waals surface area (Å²) >= 11 is 0. The van der Waals surface area contributed by atoms with Crippen molar-refractivity contribution in [3.63, 3.8) is 0 Å². The summed E-state index contributed by atoms with van der Waals surface area (Å²) in [6.07, 6.45) is 5.41. The number of aliphatic hydroxyl groups excluding tert-OH is 1. The number of amides is 3. The molecule has 0 atom stereocenters. The van der Waals surface area contributed by atoms with Gasteiger partial charge >= 0.3 is 6.03 Å². The van der Waals surface area contributed by atoms with Crippen molar-refractivity contribution in [2.45, 2.75) is 45.2 Å². The van der Waals surface area contributed by atoms with Crippen LogP contribution in [0.4, 0.5) is 4.79 Å². The van der Waals surface area contributed by atoms with Gasteiger partial charge < -0.3 is 19.5 Å². The molecule has 1 spiro atoms. The molecule has 0 bridgehead atoms. The molecule has 0 radical (unpaired) electrons. The van der Waals surface area contributed by atoms with Crippen LogP contribution in [0, 0.1) is 0 Å². The van der Waals surface area contributed by atoms with Crippen LogP contribution in [0.2, 0.25) is 0 Å².